The van der Waals surface area contributed by atoms with Gasteiger partial charge in [-0.2, -0.15) is 0 Å². The van der Waals surface area contributed by atoms with Crippen LogP contribution in [0.25, 0.3) is 0 Å². The monoisotopic (exact) mass is 240 g/mol. The summed E-state index contributed by atoms with van der Waals surface area (Å²) in [5.74, 6) is 0.866. The normalized spacial score (nSPS) is 19.9. The molecule has 0 aromatic heterocycles. The van der Waals surface area contributed by atoms with E-state index in [1.54, 1.807) is 0 Å². The molecule has 0 aliphatic heterocycles. The SMILES string of the molecule is CCCC(CCN)CCCNC1(CC)CCC1. The van der Waals surface area contributed by atoms with Gasteiger partial charge in [-0.1, -0.05) is 26.7 Å². The molecule has 0 radical (unpaired) electrons. The molecule has 3 N–H and O–H groups in total. The van der Waals surface area contributed by atoms with Gasteiger partial charge in [0.15, 0.2) is 0 Å². The van der Waals surface area contributed by atoms with Gasteiger partial charge < -0.3 is 11.1 Å². The second-order valence-corrected chi connectivity index (χ2v) is 5.79. The zero-order valence-electron chi connectivity index (χ0n) is 11.9. The van der Waals surface area contributed by atoms with Crippen molar-refractivity contribution in [1.29, 1.82) is 0 Å². The number of rotatable bonds is 10. The number of hydrogen-bond donors (Lipinski definition) is 2. The topological polar surface area (TPSA) is 38.0 Å². The fraction of sp³-hybridized carbons (Fsp3) is 1.00. The molecular weight excluding hydrogens is 208 g/mol. The summed E-state index contributed by atoms with van der Waals surface area (Å²) in [5, 5.41) is 3.79. The standard InChI is InChI=1S/C15H32N2/c1-3-7-14(9-12-16)8-5-13-17-15(4-2)10-6-11-15/h14,17H,3-13,16H2,1-2H3. The number of nitrogens with two attached hydrogens (primary N) is 1. The van der Waals surface area contributed by atoms with Gasteiger partial charge in [-0.25, -0.2) is 0 Å². The Kier molecular flexibility index (Phi) is 7.14. The van der Waals surface area contributed by atoms with Crippen molar-refractivity contribution in [2.45, 2.75) is 77.2 Å². The lowest BCUT2D eigenvalue weighted by atomic mass is 9.75. The molecule has 1 aliphatic carbocycles. The lowest BCUT2D eigenvalue weighted by Gasteiger charge is -2.42. The molecule has 2 heteroatoms. The third kappa shape index (κ3) is 4.97. The Hall–Kier alpha value is -0.0800. The summed E-state index contributed by atoms with van der Waals surface area (Å²) in [6.45, 7) is 6.66. The van der Waals surface area contributed by atoms with E-state index in [0.717, 1.165) is 12.5 Å². The van der Waals surface area contributed by atoms with Crippen LogP contribution in [-0.4, -0.2) is 18.6 Å². The van der Waals surface area contributed by atoms with Gasteiger partial charge >= 0.3 is 0 Å². The highest BCUT2D eigenvalue weighted by Crippen LogP contribution is 2.34. The highest BCUT2D eigenvalue weighted by molar-refractivity contribution is 4.94. The molecular formula is C15H32N2. The van der Waals surface area contributed by atoms with Crippen LogP contribution >= 0.6 is 0 Å². The fourth-order valence-electron chi connectivity index (χ4n) is 3.08. The maximum absolute atomic E-state index is 5.67. The molecule has 102 valence electrons. The molecule has 1 fully saturated rings. The van der Waals surface area contributed by atoms with Crippen molar-refractivity contribution >= 4 is 0 Å². The van der Waals surface area contributed by atoms with E-state index in [1.165, 1.54) is 64.3 Å². The summed E-state index contributed by atoms with van der Waals surface area (Å²) in [4.78, 5) is 0. The van der Waals surface area contributed by atoms with E-state index in [9.17, 15) is 0 Å². The maximum Gasteiger partial charge on any atom is 0.0178 e. The third-order valence-corrected chi connectivity index (χ3v) is 4.55. The smallest absolute Gasteiger partial charge is 0.0178 e. The zero-order chi connectivity index (χ0) is 12.6. The Morgan fingerprint density at radius 2 is 1.94 bits per heavy atom. The molecule has 1 unspecified atom stereocenters. The minimum absolute atomic E-state index is 0.522. The predicted molar refractivity (Wildman–Crippen MR) is 76.2 cm³/mol. The first-order valence-electron chi connectivity index (χ1n) is 7.71. The zero-order valence-corrected chi connectivity index (χ0v) is 11.9. The van der Waals surface area contributed by atoms with Crippen LogP contribution < -0.4 is 11.1 Å². The summed E-state index contributed by atoms with van der Waals surface area (Å²) in [6, 6.07) is 0. The van der Waals surface area contributed by atoms with Crippen molar-refractivity contribution in [3.8, 4) is 0 Å². The van der Waals surface area contributed by atoms with Gasteiger partial charge in [0.1, 0.15) is 0 Å². The quantitative estimate of drug-likeness (QED) is 0.574. The first-order chi connectivity index (χ1) is 8.26. The second kappa shape index (κ2) is 8.10. The summed E-state index contributed by atoms with van der Waals surface area (Å²) < 4.78 is 0. The van der Waals surface area contributed by atoms with E-state index in [4.69, 9.17) is 5.73 Å². The molecule has 0 bridgehead atoms. The molecule has 0 aromatic carbocycles. The highest BCUT2D eigenvalue weighted by atomic mass is 15.0. The summed E-state index contributed by atoms with van der Waals surface area (Å²) in [7, 11) is 0. The largest absolute Gasteiger partial charge is 0.330 e. The maximum atomic E-state index is 5.67. The van der Waals surface area contributed by atoms with Crippen LogP contribution in [-0.2, 0) is 0 Å². The van der Waals surface area contributed by atoms with E-state index >= 15 is 0 Å². The van der Waals surface area contributed by atoms with Gasteiger partial charge in [0.2, 0.25) is 0 Å². The van der Waals surface area contributed by atoms with E-state index in [0.29, 0.717) is 5.54 Å². The van der Waals surface area contributed by atoms with Crippen LogP contribution in [0.4, 0.5) is 0 Å². The highest BCUT2D eigenvalue weighted by Gasteiger charge is 2.33. The van der Waals surface area contributed by atoms with Crippen molar-refractivity contribution in [2.75, 3.05) is 13.1 Å². The minimum atomic E-state index is 0.522. The first kappa shape index (κ1) is 15.0. The third-order valence-electron chi connectivity index (χ3n) is 4.55. The lowest BCUT2D eigenvalue weighted by Crippen LogP contribution is -2.50. The van der Waals surface area contributed by atoms with Gasteiger partial charge in [-0.05, 0) is 64.0 Å². The van der Waals surface area contributed by atoms with Gasteiger partial charge in [-0.3, -0.25) is 0 Å². The first-order valence-corrected chi connectivity index (χ1v) is 7.71. The Labute approximate surface area is 108 Å². The van der Waals surface area contributed by atoms with Crippen LogP contribution in [0, 0.1) is 5.92 Å². The van der Waals surface area contributed by atoms with Gasteiger partial charge in [0.05, 0.1) is 0 Å². The molecule has 2 nitrogen and oxygen atoms in total. The summed E-state index contributed by atoms with van der Waals surface area (Å²) in [5.41, 5.74) is 6.19. The summed E-state index contributed by atoms with van der Waals surface area (Å²) >= 11 is 0. The van der Waals surface area contributed by atoms with Crippen LogP contribution in [0.3, 0.4) is 0 Å². The average molecular weight is 240 g/mol. The molecule has 0 amide bonds. The summed E-state index contributed by atoms with van der Waals surface area (Å²) in [6.07, 6.45) is 12.1. The van der Waals surface area contributed by atoms with Crippen LogP contribution in [0.2, 0.25) is 0 Å². The van der Waals surface area contributed by atoms with Crippen molar-refractivity contribution in [1.82, 2.24) is 5.32 Å². The van der Waals surface area contributed by atoms with Crippen molar-refractivity contribution < 1.29 is 0 Å². The molecule has 1 aliphatic rings. The van der Waals surface area contributed by atoms with Crippen LogP contribution in [0.15, 0.2) is 0 Å². The molecule has 0 spiro atoms. The van der Waals surface area contributed by atoms with Gasteiger partial charge in [0.25, 0.3) is 0 Å². The van der Waals surface area contributed by atoms with E-state index < -0.39 is 0 Å². The number of nitrogens with one attached hydrogen (secondary N) is 1. The molecule has 0 aromatic rings. The van der Waals surface area contributed by atoms with E-state index in [-0.39, 0.29) is 0 Å². The predicted octanol–water partition coefficient (Wildman–Crippen LogP) is 3.45. The molecule has 0 saturated heterocycles. The Morgan fingerprint density at radius 3 is 2.41 bits per heavy atom. The van der Waals surface area contributed by atoms with Crippen LogP contribution in [0.5, 0.6) is 0 Å². The Bertz CT molecular complexity index is 176. The molecule has 1 atom stereocenters. The molecule has 1 rings (SSSR count). The Morgan fingerprint density at radius 1 is 1.18 bits per heavy atom. The van der Waals surface area contributed by atoms with E-state index in [2.05, 4.69) is 19.2 Å². The average Bonchev–Trinajstić information content (AvgIpc) is 2.27. The Balaban J connectivity index is 2.08. The fourth-order valence-corrected chi connectivity index (χ4v) is 3.08. The molecule has 0 heterocycles. The number of hydrogen-bond acceptors (Lipinski definition) is 2. The van der Waals surface area contributed by atoms with Gasteiger partial charge in [-0.15, -0.1) is 0 Å². The van der Waals surface area contributed by atoms with Crippen LogP contribution in [0.1, 0.15) is 71.6 Å². The minimum Gasteiger partial charge on any atom is -0.330 e. The van der Waals surface area contributed by atoms with E-state index in [1.807, 2.05) is 0 Å². The second-order valence-electron chi connectivity index (χ2n) is 5.79. The van der Waals surface area contributed by atoms with Gasteiger partial charge in [0, 0.05) is 5.54 Å². The van der Waals surface area contributed by atoms with Crippen molar-refractivity contribution in [3.63, 3.8) is 0 Å². The molecule has 1 saturated carbocycles. The lowest BCUT2D eigenvalue weighted by molar-refractivity contribution is 0.175. The molecule has 17 heavy (non-hydrogen) atoms. The van der Waals surface area contributed by atoms with Crippen molar-refractivity contribution in [2.24, 2.45) is 11.7 Å². The van der Waals surface area contributed by atoms with Crippen molar-refractivity contribution in [3.05, 3.63) is 0 Å².